The van der Waals surface area contributed by atoms with Gasteiger partial charge in [-0.3, -0.25) is 9.59 Å². The van der Waals surface area contributed by atoms with Crippen LogP contribution in [-0.2, 0) is 16.0 Å². The van der Waals surface area contributed by atoms with Crippen LogP contribution in [0.5, 0.6) is 5.75 Å². The van der Waals surface area contributed by atoms with Gasteiger partial charge in [0.25, 0.3) is 0 Å². The van der Waals surface area contributed by atoms with E-state index in [1.807, 2.05) is 12.2 Å². The summed E-state index contributed by atoms with van der Waals surface area (Å²) >= 11 is 0. The molecule has 2 bridgehead atoms. The van der Waals surface area contributed by atoms with Gasteiger partial charge in [-0.15, -0.1) is 0 Å². The van der Waals surface area contributed by atoms with Crippen LogP contribution in [0.1, 0.15) is 36.4 Å². The Balaban J connectivity index is 1.52. The third-order valence-electron chi connectivity index (χ3n) is 6.02. The Morgan fingerprint density at radius 3 is 2.63 bits per heavy atom. The number of carbonyl (C=O) groups is 2. The average molecular weight is 377 g/mol. The monoisotopic (exact) mass is 377 g/mol. The third kappa shape index (κ3) is 3.31. The number of alkyl halides is 2. The molecule has 5 nitrogen and oxygen atoms in total. The largest absolute Gasteiger partial charge is 0.481 e. The number of carboxylic acid groups (broad SMARTS) is 1. The number of aliphatic carboxylic acids is 1. The fraction of sp³-hybridized carbons (Fsp3) is 0.500. The molecule has 1 aromatic carbocycles. The van der Waals surface area contributed by atoms with Crippen molar-refractivity contribution in [3.05, 3.63) is 41.5 Å². The number of ether oxygens (including phenoxy) is 1. The van der Waals surface area contributed by atoms with Crippen molar-refractivity contribution in [3.8, 4) is 5.75 Å². The van der Waals surface area contributed by atoms with Gasteiger partial charge in [0.05, 0.1) is 17.9 Å². The molecule has 5 unspecified atom stereocenters. The number of hydrogen-bond donors (Lipinski definition) is 2. The Hall–Kier alpha value is -2.44. The molecule has 0 aliphatic heterocycles. The second-order valence-corrected chi connectivity index (χ2v) is 7.53. The number of carbonyl (C=O) groups excluding carboxylic acids is 1. The molecule has 4 rings (SSSR count). The number of carboxylic acids is 1. The molecule has 1 amide bonds. The van der Waals surface area contributed by atoms with Crippen LogP contribution < -0.4 is 10.1 Å². The number of allylic oxidation sites excluding steroid dienone is 2. The van der Waals surface area contributed by atoms with Gasteiger partial charge in [0.15, 0.2) is 0 Å². The van der Waals surface area contributed by atoms with Crippen molar-refractivity contribution in [2.24, 2.45) is 23.7 Å². The molecule has 1 saturated carbocycles. The van der Waals surface area contributed by atoms with Gasteiger partial charge in [0.2, 0.25) is 5.91 Å². The first kappa shape index (κ1) is 17.9. The number of fused-ring (bicyclic) bond motifs is 3. The van der Waals surface area contributed by atoms with Gasteiger partial charge in [-0.25, -0.2) is 0 Å². The van der Waals surface area contributed by atoms with Crippen molar-refractivity contribution in [3.63, 3.8) is 0 Å². The van der Waals surface area contributed by atoms with E-state index in [-0.39, 0.29) is 29.5 Å². The van der Waals surface area contributed by atoms with Crippen LogP contribution in [0, 0.1) is 23.7 Å². The standard InChI is InChI=1S/C20H21F2NO4/c21-20(22)27-13-6-7-14-10(9-13)2-1-3-15(14)23-18(24)16-11-4-5-12(8-11)17(16)19(25)26/h4-7,9,11-12,15-17,20H,1-3,8H2,(H,23,24)(H,25,26). The number of nitrogens with one attached hydrogen (secondary N) is 1. The number of aryl methyl sites for hydroxylation is 1. The first-order chi connectivity index (χ1) is 12.9. The van der Waals surface area contributed by atoms with Crippen molar-refractivity contribution in [1.29, 1.82) is 0 Å². The molecular formula is C20H21F2NO4. The molecule has 1 fully saturated rings. The van der Waals surface area contributed by atoms with Crippen LogP contribution in [0.3, 0.4) is 0 Å². The Morgan fingerprint density at radius 1 is 1.19 bits per heavy atom. The summed E-state index contributed by atoms with van der Waals surface area (Å²) in [5.74, 6) is -2.37. The number of halogens is 2. The Bertz CT molecular complexity index is 794. The molecule has 27 heavy (non-hydrogen) atoms. The molecular weight excluding hydrogens is 356 g/mol. The van der Waals surface area contributed by atoms with Crippen LogP contribution in [0.25, 0.3) is 0 Å². The van der Waals surface area contributed by atoms with Crippen LogP contribution in [0.4, 0.5) is 8.78 Å². The molecule has 3 aliphatic rings. The highest BCUT2D eigenvalue weighted by Crippen LogP contribution is 2.48. The second-order valence-electron chi connectivity index (χ2n) is 7.53. The van der Waals surface area contributed by atoms with E-state index in [9.17, 15) is 23.5 Å². The number of rotatable bonds is 5. The Kier molecular flexibility index (Phi) is 4.61. The summed E-state index contributed by atoms with van der Waals surface area (Å²) in [5, 5.41) is 12.6. The summed E-state index contributed by atoms with van der Waals surface area (Å²) in [4.78, 5) is 24.5. The maximum absolute atomic E-state index is 12.9. The van der Waals surface area contributed by atoms with Gasteiger partial charge in [-0.1, -0.05) is 18.2 Å². The van der Waals surface area contributed by atoms with E-state index in [0.29, 0.717) is 6.42 Å². The lowest BCUT2D eigenvalue weighted by atomic mass is 9.81. The topological polar surface area (TPSA) is 75.6 Å². The summed E-state index contributed by atoms with van der Waals surface area (Å²) in [6.45, 7) is -2.87. The molecule has 5 atom stereocenters. The van der Waals surface area contributed by atoms with E-state index >= 15 is 0 Å². The van der Waals surface area contributed by atoms with Gasteiger partial charge in [0.1, 0.15) is 5.75 Å². The first-order valence-corrected chi connectivity index (χ1v) is 9.23. The molecule has 0 radical (unpaired) electrons. The molecule has 0 heterocycles. The van der Waals surface area contributed by atoms with E-state index in [1.54, 1.807) is 12.1 Å². The van der Waals surface area contributed by atoms with E-state index in [0.717, 1.165) is 30.4 Å². The van der Waals surface area contributed by atoms with Crippen LogP contribution >= 0.6 is 0 Å². The predicted molar refractivity (Wildman–Crippen MR) is 92.2 cm³/mol. The summed E-state index contributed by atoms with van der Waals surface area (Å²) < 4.78 is 29.3. The minimum absolute atomic E-state index is 0.0269. The minimum Gasteiger partial charge on any atom is -0.481 e. The highest BCUT2D eigenvalue weighted by atomic mass is 19.3. The zero-order chi connectivity index (χ0) is 19.1. The minimum atomic E-state index is -2.87. The maximum Gasteiger partial charge on any atom is 0.387 e. The lowest BCUT2D eigenvalue weighted by molar-refractivity contribution is -0.148. The SMILES string of the molecule is O=C(O)C1C2C=CC(C2)C1C(=O)NC1CCCc2cc(OC(F)F)ccc21. The van der Waals surface area contributed by atoms with Gasteiger partial charge < -0.3 is 15.2 Å². The number of amides is 1. The van der Waals surface area contributed by atoms with Crippen LogP contribution in [0.2, 0.25) is 0 Å². The van der Waals surface area contributed by atoms with Crippen molar-refractivity contribution < 1.29 is 28.2 Å². The van der Waals surface area contributed by atoms with Crippen molar-refractivity contribution in [2.45, 2.75) is 38.3 Å². The smallest absolute Gasteiger partial charge is 0.387 e. The lowest BCUT2D eigenvalue weighted by Crippen LogP contribution is -2.42. The second kappa shape index (κ2) is 6.94. The molecule has 3 aliphatic carbocycles. The van der Waals surface area contributed by atoms with E-state index < -0.39 is 24.4 Å². The molecule has 0 aromatic heterocycles. The van der Waals surface area contributed by atoms with Crippen molar-refractivity contribution in [2.75, 3.05) is 0 Å². The van der Waals surface area contributed by atoms with Gasteiger partial charge in [0, 0.05) is 0 Å². The normalized spacial score (nSPS) is 31.0. The quantitative estimate of drug-likeness (QED) is 0.772. The van der Waals surface area contributed by atoms with E-state index in [1.165, 1.54) is 6.07 Å². The predicted octanol–water partition coefficient (Wildman–Crippen LogP) is 3.30. The van der Waals surface area contributed by atoms with Crippen LogP contribution in [0.15, 0.2) is 30.4 Å². The van der Waals surface area contributed by atoms with Gasteiger partial charge in [-0.05, 0) is 60.8 Å². The zero-order valence-corrected chi connectivity index (χ0v) is 14.6. The van der Waals surface area contributed by atoms with E-state index in [4.69, 9.17) is 0 Å². The first-order valence-electron chi connectivity index (χ1n) is 9.23. The van der Waals surface area contributed by atoms with Crippen LogP contribution in [-0.4, -0.2) is 23.6 Å². The summed E-state index contributed by atoms with van der Waals surface area (Å²) in [7, 11) is 0. The van der Waals surface area contributed by atoms with E-state index in [2.05, 4.69) is 10.1 Å². The summed E-state index contributed by atoms with van der Waals surface area (Å²) in [6, 6.07) is 4.56. The third-order valence-corrected chi connectivity index (χ3v) is 6.02. The van der Waals surface area contributed by atoms with Crippen molar-refractivity contribution >= 4 is 11.9 Å². The zero-order valence-electron chi connectivity index (χ0n) is 14.6. The Labute approximate surface area is 155 Å². The maximum atomic E-state index is 12.9. The molecule has 0 spiro atoms. The molecule has 2 N–H and O–H groups in total. The van der Waals surface area contributed by atoms with Gasteiger partial charge in [-0.2, -0.15) is 8.78 Å². The molecule has 1 aromatic rings. The molecule has 7 heteroatoms. The highest BCUT2D eigenvalue weighted by Gasteiger charge is 2.51. The fourth-order valence-electron chi connectivity index (χ4n) is 4.90. The summed E-state index contributed by atoms with van der Waals surface area (Å²) in [6.07, 6.45) is 6.86. The Morgan fingerprint density at radius 2 is 1.93 bits per heavy atom. The number of benzene rings is 1. The molecule has 144 valence electrons. The molecule has 0 saturated heterocycles. The average Bonchev–Trinajstić information content (AvgIpc) is 3.22. The summed E-state index contributed by atoms with van der Waals surface area (Å²) in [5.41, 5.74) is 1.77. The number of hydrogen-bond acceptors (Lipinski definition) is 3. The van der Waals surface area contributed by atoms with Gasteiger partial charge >= 0.3 is 12.6 Å². The fourth-order valence-corrected chi connectivity index (χ4v) is 4.90. The lowest BCUT2D eigenvalue weighted by Gasteiger charge is -2.30. The van der Waals surface area contributed by atoms with Crippen molar-refractivity contribution in [1.82, 2.24) is 5.32 Å². The highest BCUT2D eigenvalue weighted by molar-refractivity contribution is 5.87.